The van der Waals surface area contributed by atoms with E-state index in [1.165, 1.54) is 0 Å². The zero-order chi connectivity index (χ0) is 16.5. The number of benzene rings is 2. The highest BCUT2D eigenvalue weighted by Gasteiger charge is 2.17. The lowest BCUT2D eigenvalue weighted by Gasteiger charge is -2.12. The van der Waals surface area contributed by atoms with Crippen LogP contribution < -0.4 is 4.74 Å². The SMILES string of the molecule is CN(C)CCCOc1c2ccccc2nc2c1oc1ccccc12. The molecular weight excluding hydrogens is 300 g/mol. The van der Waals surface area contributed by atoms with Gasteiger partial charge in [0.05, 0.1) is 12.1 Å². The van der Waals surface area contributed by atoms with Crippen molar-refractivity contribution in [2.45, 2.75) is 6.42 Å². The van der Waals surface area contributed by atoms with Gasteiger partial charge in [0, 0.05) is 17.3 Å². The number of furan rings is 1. The first-order valence-electron chi connectivity index (χ1n) is 8.21. The van der Waals surface area contributed by atoms with E-state index in [1.807, 2.05) is 48.5 Å². The van der Waals surface area contributed by atoms with Crippen LogP contribution in [0.25, 0.3) is 33.0 Å². The van der Waals surface area contributed by atoms with Crippen molar-refractivity contribution in [3.05, 3.63) is 48.5 Å². The maximum absolute atomic E-state index is 6.15. The number of nitrogens with zero attached hydrogens (tertiary/aromatic N) is 2. The first-order valence-corrected chi connectivity index (χ1v) is 8.21. The Morgan fingerprint density at radius 1 is 1.00 bits per heavy atom. The Kier molecular flexibility index (Phi) is 3.82. The zero-order valence-corrected chi connectivity index (χ0v) is 14.0. The molecule has 0 amide bonds. The lowest BCUT2D eigenvalue weighted by Crippen LogP contribution is -2.15. The molecule has 0 bridgehead atoms. The lowest BCUT2D eigenvalue weighted by molar-refractivity contribution is 0.284. The van der Waals surface area contributed by atoms with Crippen molar-refractivity contribution in [2.24, 2.45) is 0 Å². The molecule has 2 aromatic carbocycles. The molecule has 122 valence electrons. The van der Waals surface area contributed by atoms with Crippen LogP contribution in [0.1, 0.15) is 6.42 Å². The number of fused-ring (bicyclic) bond motifs is 4. The Labute approximate surface area is 140 Å². The van der Waals surface area contributed by atoms with Gasteiger partial charge in [-0.05, 0) is 44.8 Å². The van der Waals surface area contributed by atoms with Gasteiger partial charge in [-0.2, -0.15) is 0 Å². The van der Waals surface area contributed by atoms with Gasteiger partial charge < -0.3 is 14.1 Å². The van der Waals surface area contributed by atoms with E-state index in [1.54, 1.807) is 0 Å². The van der Waals surface area contributed by atoms with E-state index in [-0.39, 0.29) is 0 Å². The van der Waals surface area contributed by atoms with Crippen LogP contribution in [0, 0.1) is 0 Å². The number of rotatable bonds is 5. The smallest absolute Gasteiger partial charge is 0.196 e. The zero-order valence-electron chi connectivity index (χ0n) is 14.0. The average Bonchev–Trinajstić information content (AvgIpc) is 2.96. The molecule has 0 fully saturated rings. The van der Waals surface area contributed by atoms with Crippen LogP contribution in [0.3, 0.4) is 0 Å². The second-order valence-electron chi connectivity index (χ2n) is 6.24. The first kappa shape index (κ1) is 15.0. The third-order valence-corrected chi connectivity index (χ3v) is 4.15. The summed E-state index contributed by atoms with van der Waals surface area (Å²) in [4.78, 5) is 6.96. The van der Waals surface area contributed by atoms with Crippen molar-refractivity contribution >= 4 is 33.0 Å². The van der Waals surface area contributed by atoms with E-state index in [4.69, 9.17) is 14.1 Å². The van der Waals surface area contributed by atoms with Crippen LogP contribution in [0.4, 0.5) is 0 Å². The van der Waals surface area contributed by atoms with Crippen molar-refractivity contribution in [3.8, 4) is 5.75 Å². The van der Waals surface area contributed by atoms with Gasteiger partial charge >= 0.3 is 0 Å². The summed E-state index contributed by atoms with van der Waals surface area (Å²) in [5.74, 6) is 0.797. The van der Waals surface area contributed by atoms with Crippen LogP contribution in [0.15, 0.2) is 52.9 Å². The summed E-state index contributed by atoms with van der Waals surface area (Å²) in [5.41, 5.74) is 3.37. The van der Waals surface area contributed by atoms with Gasteiger partial charge in [-0.25, -0.2) is 4.98 Å². The van der Waals surface area contributed by atoms with E-state index in [2.05, 4.69) is 19.0 Å². The van der Waals surface area contributed by atoms with Gasteiger partial charge in [-0.1, -0.05) is 24.3 Å². The van der Waals surface area contributed by atoms with Crippen LogP contribution in [-0.2, 0) is 0 Å². The molecule has 0 saturated heterocycles. The molecule has 0 saturated carbocycles. The second kappa shape index (κ2) is 6.13. The third kappa shape index (κ3) is 2.59. The van der Waals surface area contributed by atoms with Gasteiger partial charge in [-0.15, -0.1) is 0 Å². The Balaban J connectivity index is 1.86. The van der Waals surface area contributed by atoms with Crippen molar-refractivity contribution in [3.63, 3.8) is 0 Å². The molecule has 0 radical (unpaired) electrons. The Bertz CT molecular complexity index is 1000. The Morgan fingerprint density at radius 2 is 1.75 bits per heavy atom. The number of aromatic nitrogens is 1. The van der Waals surface area contributed by atoms with E-state index >= 15 is 0 Å². The molecule has 0 spiro atoms. The summed E-state index contributed by atoms with van der Waals surface area (Å²) in [6.45, 7) is 1.64. The standard InChI is InChI=1S/C20H20N2O2/c1-22(2)12-7-13-23-19-14-8-3-5-10-16(14)21-18-15-9-4-6-11-17(15)24-20(18)19/h3-6,8-11H,7,12-13H2,1-2H3. The largest absolute Gasteiger partial charge is 0.489 e. The highest BCUT2D eigenvalue weighted by molar-refractivity contribution is 6.09. The topological polar surface area (TPSA) is 38.5 Å². The molecular formula is C20H20N2O2. The van der Waals surface area contributed by atoms with E-state index in [9.17, 15) is 0 Å². The second-order valence-corrected chi connectivity index (χ2v) is 6.24. The van der Waals surface area contributed by atoms with E-state index in [0.717, 1.165) is 51.7 Å². The lowest BCUT2D eigenvalue weighted by atomic mass is 10.1. The fourth-order valence-electron chi connectivity index (χ4n) is 3.00. The van der Waals surface area contributed by atoms with Crippen molar-refractivity contribution in [1.82, 2.24) is 9.88 Å². The number of hydrogen-bond acceptors (Lipinski definition) is 4. The van der Waals surface area contributed by atoms with Crippen LogP contribution in [0.2, 0.25) is 0 Å². The minimum atomic E-state index is 0.651. The minimum absolute atomic E-state index is 0.651. The quantitative estimate of drug-likeness (QED) is 0.509. The fourth-order valence-corrected chi connectivity index (χ4v) is 3.00. The molecule has 24 heavy (non-hydrogen) atoms. The van der Waals surface area contributed by atoms with Gasteiger partial charge in [0.2, 0.25) is 0 Å². The van der Waals surface area contributed by atoms with Gasteiger partial charge in [0.15, 0.2) is 11.3 Å². The van der Waals surface area contributed by atoms with Crippen LogP contribution >= 0.6 is 0 Å². The van der Waals surface area contributed by atoms with Crippen molar-refractivity contribution in [2.75, 3.05) is 27.2 Å². The molecule has 4 rings (SSSR count). The molecule has 0 aliphatic rings. The summed E-state index contributed by atoms with van der Waals surface area (Å²) >= 11 is 0. The summed E-state index contributed by atoms with van der Waals surface area (Å²) in [6, 6.07) is 16.0. The van der Waals surface area contributed by atoms with Crippen LogP contribution in [0.5, 0.6) is 5.75 Å². The highest BCUT2D eigenvalue weighted by Crippen LogP contribution is 2.38. The van der Waals surface area contributed by atoms with Crippen LogP contribution in [-0.4, -0.2) is 37.1 Å². The van der Waals surface area contributed by atoms with Gasteiger partial charge in [0.1, 0.15) is 11.1 Å². The predicted molar refractivity (Wildman–Crippen MR) is 97.7 cm³/mol. The predicted octanol–water partition coefficient (Wildman–Crippen LogP) is 4.46. The maximum atomic E-state index is 6.15. The molecule has 0 aliphatic heterocycles. The minimum Gasteiger partial charge on any atom is -0.489 e. The molecule has 0 N–H and O–H groups in total. The fraction of sp³-hybridized carbons (Fsp3) is 0.250. The summed E-state index contributed by atoms with van der Waals surface area (Å²) in [7, 11) is 4.14. The molecule has 0 aliphatic carbocycles. The van der Waals surface area contributed by atoms with Crippen molar-refractivity contribution < 1.29 is 9.15 Å². The Hall–Kier alpha value is -2.59. The molecule has 4 heteroatoms. The summed E-state index contributed by atoms with van der Waals surface area (Å²) in [5, 5.41) is 2.02. The highest BCUT2D eigenvalue weighted by atomic mass is 16.5. The Morgan fingerprint density at radius 3 is 2.58 bits per heavy atom. The molecule has 0 atom stereocenters. The number of ether oxygens (including phenoxy) is 1. The van der Waals surface area contributed by atoms with Gasteiger partial charge in [0.25, 0.3) is 0 Å². The molecule has 0 unspecified atom stereocenters. The monoisotopic (exact) mass is 320 g/mol. The average molecular weight is 320 g/mol. The van der Waals surface area contributed by atoms with E-state index in [0.29, 0.717) is 6.61 Å². The van der Waals surface area contributed by atoms with E-state index < -0.39 is 0 Å². The van der Waals surface area contributed by atoms with Crippen molar-refractivity contribution in [1.29, 1.82) is 0 Å². The molecule has 2 aromatic heterocycles. The third-order valence-electron chi connectivity index (χ3n) is 4.15. The first-order chi connectivity index (χ1) is 11.7. The number of pyridine rings is 1. The maximum Gasteiger partial charge on any atom is 0.196 e. The summed E-state index contributed by atoms with van der Waals surface area (Å²) < 4.78 is 12.2. The number of para-hydroxylation sites is 2. The van der Waals surface area contributed by atoms with Gasteiger partial charge in [-0.3, -0.25) is 0 Å². The normalized spacial score (nSPS) is 11.8. The summed E-state index contributed by atoms with van der Waals surface area (Å²) in [6.07, 6.45) is 0.964. The molecule has 4 nitrogen and oxygen atoms in total. The molecule has 4 aromatic rings. The number of hydrogen-bond donors (Lipinski definition) is 0. The molecule has 2 heterocycles.